The Balaban J connectivity index is 1.45. The Hall–Kier alpha value is -2.44. The first kappa shape index (κ1) is 21.8. The third kappa shape index (κ3) is 5.08. The van der Waals surface area contributed by atoms with Crippen molar-refractivity contribution in [3.05, 3.63) is 97.8 Å². The second-order valence-corrected chi connectivity index (χ2v) is 8.84. The normalized spacial score (nSPS) is 15.1. The van der Waals surface area contributed by atoms with Gasteiger partial charge in [-0.05, 0) is 71.4 Å². The van der Waals surface area contributed by atoms with Crippen LogP contribution in [-0.2, 0) is 11.4 Å². The largest absolute Gasteiger partial charge is 0.489 e. The van der Waals surface area contributed by atoms with Crippen molar-refractivity contribution in [2.75, 3.05) is 4.90 Å². The molecule has 3 aromatic carbocycles. The number of thioether (sulfide) groups is 1. The van der Waals surface area contributed by atoms with Gasteiger partial charge in [-0.2, -0.15) is 0 Å². The SMILES string of the molecule is O=C1S/C(=C\c2ccc(OCc3ccc(Cl)cc3)cc2)C(=O)N1c1ccc(Cl)c(Cl)c1. The molecule has 31 heavy (non-hydrogen) atoms. The fourth-order valence-corrected chi connectivity index (χ4v) is 4.13. The molecule has 1 fully saturated rings. The monoisotopic (exact) mass is 489 g/mol. The summed E-state index contributed by atoms with van der Waals surface area (Å²) in [5.41, 5.74) is 2.16. The molecule has 0 aromatic heterocycles. The topological polar surface area (TPSA) is 46.6 Å². The van der Waals surface area contributed by atoms with E-state index >= 15 is 0 Å². The van der Waals surface area contributed by atoms with Gasteiger partial charge in [0.2, 0.25) is 0 Å². The van der Waals surface area contributed by atoms with E-state index in [9.17, 15) is 9.59 Å². The van der Waals surface area contributed by atoms with Crippen molar-refractivity contribution >= 4 is 69.5 Å². The number of ether oxygens (including phenoxy) is 1. The van der Waals surface area contributed by atoms with Crippen LogP contribution in [0.15, 0.2) is 71.6 Å². The molecule has 1 aliphatic rings. The number of carbonyl (C=O) groups excluding carboxylic acids is 2. The highest BCUT2D eigenvalue weighted by atomic mass is 35.5. The molecule has 0 unspecified atom stereocenters. The molecule has 4 rings (SSSR count). The van der Waals surface area contributed by atoms with Crippen LogP contribution in [0.25, 0.3) is 6.08 Å². The molecule has 0 bridgehead atoms. The summed E-state index contributed by atoms with van der Waals surface area (Å²) >= 11 is 18.7. The quantitative estimate of drug-likeness (QED) is 0.348. The third-order valence-corrected chi connectivity index (χ3v) is 6.31. The Kier molecular flexibility index (Phi) is 6.58. The lowest BCUT2D eigenvalue weighted by molar-refractivity contribution is -0.113. The van der Waals surface area contributed by atoms with Gasteiger partial charge < -0.3 is 4.74 Å². The van der Waals surface area contributed by atoms with Crippen molar-refractivity contribution in [2.45, 2.75) is 6.61 Å². The predicted molar refractivity (Wildman–Crippen MR) is 127 cm³/mol. The number of halogens is 3. The molecule has 0 saturated carbocycles. The predicted octanol–water partition coefficient (Wildman–Crippen LogP) is 7.47. The van der Waals surface area contributed by atoms with Crippen LogP contribution in [0.4, 0.5) is 10.5 Å². The van der Waals surface area contributed by atoms with Gasteiger partial charge in [0, 0.05) is 5.02 Å². The van der Waals surface area contributed by atoms with Crippen LogP contribution in [0.2, 0.25) is 15.1 Å². The molecule has 1 aliphatic heterocycles. The molecule has 0 N–H and O–H groups in total. The molecule has 1 saturated heterocycles. The lowest BCUT2D eigenvalue weighted by Crippen LogP contribution is -2.27. The van der Waals surface area contributed by atoms with Crippen molar-refractivity contribution in [3.8, 4) is 5.75 Å². The number of nitrogens with zero attached hydrogens (tertiary/aromatic N) is 1. The van der Waals surface area contributed by atoms with Crippen LogP contribution in [0.1, 0.15) is 11.1 Å². The summed E-state index contributed by atoms with van der Waals surface area (Å²) in [6.45, 7) is 0.416. The number of benzene rings is 3. The van der Waals surface area contributed by atoms with E-state index in [2.05, 4.69) is 0 Å². The van der Waals surface area contributed by atoms with Crippen LogP contribution in [0.3, 0.4) is 0 Å². The number of hydrogen-bond donors (Lipinski definition) is 0. The molecule has 3 aromatic rings. The van der Waals surface area contributed by atoms with Gasteiger partial charge in [0.15, 0.2) is 0 Å². The summed E-state index contributed by atoms with van der Waals surface area (Å²) in [6.07, 6.45) is 1.67. The van der Waals surface area contributed by atoms with Crippen molar-refractivity contribution in [1.29, 1.82) is 0 Å². The van der Waals surface area contributed by atoms with Crippen molar-refractivity contribution in [3.63, 3.8) is 0 Å². The highest BCUT2D eigenvalue weighted by molar-refractivity contribution is 8.19. The van der Waals surface area contributed by atoms with Crippen LogP contribution in [0.5, 0.6) is 5.75 Å². The fraction of sp³-hybridized carbons (Fsp3) is 0.0435. The second-order valence-electron chi connectivity index (χ2n) is 6.60. The molecule has 0 spiro atoms. The maximum atomic E-state index is 12.8. The lowest BCUT2D eigenvalue weighted by Gasteiger charge is -2.13. The minimum atomic E-state index is -0.406. The average molecular weight is 491 g/mol. The summed E-state index contributed by atoms with van der Waals surface area (Å²) in [5.74, 6) is 0.285. The number of hydrogen-bond acceptors (Lipinski definition) is 4. The van der Waals surface area contributed by atoms with Gasteiger partial charge in [-0.1, -0.05) is 59.1 Å². The van der Waals surface area contributed by atoms with Crippen molar-refractivity contribution in [1.82, 2.24) is 0 Å². The highest BCUT2D eigenvalue weighted by Gasteiger charge is 2.36. The van der Waals surface area contributed by atoms with Crippen molar-refractivity contribution in [2.24, 2.45) is 0 Å². The number of imide groups is 1. The van der Waals surface area contributed by atoms with Gasteiger partial charge in [-0.25, -0.2) is 4.90 Å². The molecule has 0 atom stereocenters. The number of anilines is 1. The Morgan fingerprint density at radius 2 is 1.58 bits per heavy atom. The van der Waals surface area contributed by atoms with Gasteiger partial charge in [-0.3, -0.25) is 9.59 Å². The van der Waals surface area contributed by atoms with Gasteiger partial charge in [0.25, 0.3) is 11.1 Å². The number of rotatable bonds is 5. The van der Waals surface area contributed by atoms with Crippen LogP contribution < -0.4 is 9.64 Å². The third-order valence-electron chi connectivity index (χ3n) is 4.45. The summed E-state index contributed by atoms with van der Waals surface area (Å²) in [7, 11) is 0. The van der Waals surface area contributed by atoms with E-state index in [1.165, 1.54) is 6.07 Å². The Bertz CT molecular complexity index is 1180. The van der Waals surface area contributed by atoms with E-state index in [1.807, 2.05) is 48.5 Å². The summed E-state index contributed by atoms with van der Waals surface area (Å²) in [5, 5.41) is 0.914. The van der Waals surface area contributed by atoms with E-state index in [-0.39, 0.29) is 5.02 Å². The van der Waals surface area contributed by atoms with Gasteiger partial charge in [0.1, 0.15) is 12.4 Å². The summed E-state index contributed by atoms with van der Waals surface area (Å²) in [6, 6.07) is 19.3. The zero-order chi connectivity index (χ0) is 22.0. The first-order valence-electron chi connectivity index (χ1n) is 9.11. The second kappa shape index (κ2) is 9.37. The Morgan fingerprint density at radius 1 is 0.871 bits per heavy atom. The first-order chi connectivity index (χ1) is 14.9. The van der Waals surface area contributed by atoms with Gasteiger partial charge in [-0.15, -0.1) is 0 Å². The first-order valence-corrected chi connectivity index (χ1v) is 11.1. The van der Waals surface area contributed by atoms with Crippen molar-refractivity contribution < 1.29 is 14.3 Å². The van der Waals surface area contributed by atoms with E-state index in [1.54, 1.807) is 18.2 Å². The smallest absolute Gasteiger partial charge is 0.298 e. The molecular formula is C23H14Cl3NO3S. The summed E-state index contributed by atoms with van der Waals surface area (Å²) in [4.78, 5) is 26.6. The van der Waals surface area contributed by atoms with Gasteiger partial charge >= 0.3 is 0 Å². The molecule has 8 heteroatoms. The maximum absolute atomic E-state index is 12.8. The van der Waals surface area contributed by atoms with Gasteiger partial charge in [0.05, 0.1) is 20.6 Å². The van der Waals surface area contributed by atoms with Crippen LogP contribution >= 0.6 is 46.6 Å². The van der Waals surface area contributed by atoms with Crippen LogP contribution in [-0.4, -0.2) is 11.1 Å². The molecule has 156 valence electrons. The Morgan fingerprint density at radius 3 is 2.26 bits per heavy atom. The fourth-order valence-electron chi connectivity index (χ4n) is 2.87. The number of carbonyl (C=O) groups is 2. The average Bonchev–Trinajstić information content (AvgIpc) is 3.03. The lowest BCUT2D eigenvalue weighted by atomic mass is 10.2. The van der Waals surface area contributed by atoms with E-state index in [0.717, 1.165) is 27.8 Å². The Labute approximate surface area is 198 Å². The minimum absolute atomic E-state index is 0.274. The maximum Gasteiger partial charge on any atom is 0.298 e. The van der Waals surface area contributed by atoms with Crippen LogP contribution in [0, 0.1) is 0 Å². The molecule has 1 heterocycles. The standard InChI is InChI=1S/C23H14Cl3NO3S/c24-16-5-1-15(2-6-16)13-30-18-8-3-14(4-9-18)11-21-22(28)27(23(29)31-21)17-7-10-19(25)20(26)12-17/h1-12H,13H2/b21-11-. The summed E-state index contributed by atoms with van der Waals surface area (Å²) < 4.78 is 5.77. The molecule has 0 aliphatic carbocycles. The number of amides is 2. The van der Waals surface area contributed by atoms with E-state index < -0.39 is 11.1 Å². The highest BCUT2D eigenvalue weighted by Crippen LogP contribution is 2.37. The van der Waals surface area contributed by atoms with E-state index in [0.29, 0.717) is 33.0 Å². The minimum Gasteiger partial charge on any atom is -0.489 e. The molecule has 0 radical (unpaired) electrons. The molecule has 4 nitrogen and oxygen atoms in total. The molecule has 2 amide bonds. The zero-order valence-corrected chi connectivity index (χ0v) is 18.9. The molecular weight excluding hydrogens is 477 g/mol. The van der Waals surface area contributed by atoms with E-state index in [4.69, 9.17) is 39.5 Å². The zero-order valence-electron chi connectivity index (χ0n) is 15.8.